The van der Waals surface area contributed by atoms with Crippen molar-refractivity contribution in [2.45, 2.75) is 23.9 Å². The lowest BCUT2D eigenvalue weighted by Gasteiger charge is -2.22. The summed E-state index contributed by atoms with van der Waals surface area (Å²) in [6, 6.07) is 19.0. The molecule has 3 aromatic rings. The first-order valence-electron chi connectivity index (χ1n) is 9.30. The third-order valence-corrected chi connectivity index (χ3v) is 6.24. The van der Waals surface area contributed by atoms with Crippen molar-refractivity contribution in [1.29, 1.82) is 0 Å². The predicted molar refractivity (Wildman–Crippen MR) is 115 cm³/mol. The molecule has 3 N–H and O–H groups in total. The molecule has 0 saturated carbocycles. The van der Waals surface area contributed by atoms with Crippen LogP contribution in [0.1, 0.15) is 11.1 Å². The lowest BCUT2D eigenvalue weighted by Crippen LogP contribution is -2.47. The molecule has 7 heteroatoms. The quantitative estimate of drug-likeness (QED) is 0.624. The van der Waals surface area contributed by atoms with Gasteiger partial charge in [0.15, 0.2) is 0 Å². The highest BCUT2D eigenvalue weighted by molar-refractivity contribution is 7.89. The summed E-state index contributed by atoms with van der Waals surface area (Å²) in [7, 11) is -0.663. The number of hydrogen-bond acceptors (Lipinski definition) is 4. The molecule has 3 rings (SSSR count). The summed E-state index contributed by atoms with van der Waals surface area (Å²) in [6.45, 7) is 0.426. The second-order valence-corrected chi connectivity index (χ2v) is 8.85. The molecule has 0 radical (unpaired) electrons. The van der Waals surface area contributed by atoms with Crippen molar-refractivity contribution >= 4 is 26.7 Å². The van der Waals surface area contributed by atoms with Gasteiger partial charge in [0.2, 0.25) is 15.9 Å². The van der Waals surface area contributed by atoms with E-state index in [4.69, 9.17) is 5.73 Å². The van der Waals surface area contributed by atoms with E-state index >= 15 is 0 Å². The minimum Gasteiger partial charge on any atom is -0.347 e. The zero-order valence-electron chi connectivity index (χ0n) is 16.5. The monoisotopic (exact) mass is 411 g/mol. The van der Waals surface area contributed by atoms with Crippen LogP contribution < -0.4 is 10.5 Å². The normalized spacial score (nSPS) is 12.7. The Bertz CT molecular complexity index is 1110. The van der Waals surface area contributed by atoms with Crippen molar-refractivity contribution in [3.05, 3.63) is 77.9 Å². The Hall–Kier alpha value is -2.74. The van der Waals surface area contributed by atoms with Crippen LogP contribution in [0.5, 0.6) is 0 Å². The Morgan fingerprint density at radius 1 is 0.966 bits per heavy atom. The predicted octanol–water partition coefficient (Wildman–Crippen LogP) is 2.28. The zero-order valence-corrected chi connectivity index (χ0v) is 17.3. The molecule has 0 heterocycles. The summed E-state index contributed by atoms with van der Waals surface area (Å²) in [4.78, 5) is 14.2. The van der Waals surface area contributed by atoms with E-state index in [1.807, 2.05) is 48.5 Å². The molecule has 1 amide bonds. The summed E-state index contributed by atoms with van der Waals surface area (Å²) in [5.41, 5.74) is 7.45. The third-order valence-electron chi connectivity index (χ3n) is 4.77. The molecule has 0 unspecified atom stereocenters. The Kier molecular flexibility index (Phi) is 6.32. The molecule has 0 aliphatic heterocycles. The van der Waals surface area contributed by atoms with Gasteiger partial charge in [-0.2, -0.15) is 4.72 Å². The van der Waals surface area contributed by atoms with Crippen LogP contribution in [-0.4, -0.2) is 39.4 Å². The summed E-state index contributed by atoms with van der Waals surface area (Å²) in [5, 5.41) is 1.77. The largest absolute Gasteiger partial charge is 0.347 e. The fourth-order valence-corrected chi connectivity index (χ4v) is 4.35. The second-order valence-electron chi connectivity index (χ2n) is 7.14. The van der Waals surface area contributed by atoms with E-state index in [0.29, 0.717) is 6.54 Å². The zero-order chi connectivity index (χ0) is 21.0. The number of hydrogen-bond donors (Lipinski definition) is 2. The van der Waals surface area contributed by atoms with Crippen molar-refractivity contribution < 1.29 is 13.2 Å². The molecule has 0 aromatic heterocycles. The van der Waals surface area contributed by atoms with Gasteiger partial charge < -0.3 is 10.6 Å². The Labute approximate surface area is 171 Å². The fraction of sp³-hybridized carbons (Fsp3) is 0.227. The van der Waals surface area contributed by atoms with Crippen molar-refractivity contribution in [2.24, 2.45) is 5.73 Å². The third kappa shape index (κ3) is 5.00. The number of likely N-dealkylation sites (N-methyl/N-ethyl adjacent to an activating group) is 1. The maximum Gasteiger partial charge on any atom is 0.241 e. The molecule has 0 spiro atoms. The Morgan fingerprint density at radius 2 is 1.59 bits per heavy atom. The van der Waals surface area contributed by atoms with Gasteiger partial charge in [0.1, 0.15) is 6.04 Å². The second kappa shape index (κ2) is 8.73. The lowest BCUT2D eigenvalue weighted by molar-refractivity contribution is -0.130. The van der Waals surface area contributed by atoms with Gasteiger partial charge in [0, 0.05) is 20.6 Å². The SMILES string of the molecule is CN(C)C(=O)[C@H](Cc1ccc(CN)cc1)NS(=O)(=O)c1ccc2ccccc2c1. The van der Waals surface area contributed by atoms with Gasteiger partial charge in [-0.05, 0) is 40.5 Å². The van der Waals surface area contributed by atoms with Crippen molar-refractivity contribution in [1.82, 2.24) is 9.62 Å². The van der Waals surface area contributed by atoms with Crippen LogP contribution in [0.25, 0.3) is 10.8 Å². The number of fused-ring (bicyclic) bond motifs is 1. The molecule has 1 atom stereocenters. The van der Waals surface area contributed by atoms with Crippen LogP contribution in [0.4, 0.5) is 0 Å². The summed E-state index contributed by atoms with van der Waals surface area (Å²) in [6.07, 6.45) is 0.245. The van der Waals surface area contributed by atoms with E-state index in [1.165, 1.54) is 4.90 Å². The standard InChI is InChI=1S/C22H25N3O3S/c1-25(2)22(26)21(13-16-7-9-17(15-23)10-8-16)24-29(27,28)20-12-11-18-5-3-4-6-19(18)14-20/h3-12,14,21,24H,13,15,23H2,1-2H3/t21-/m0/s1. The van der Waals surface area contributed by atoms with Crippen LogP contribution in [0, 0.1) is 0 Å². The minimum absolute atomic E-state index is 0.131. The van der Waals surface area contributed by atoms with Gasteiger partial charge in [-0.1, -0.05) is 54.6 Å². The molecular weight excluding hydrogens is 386 g/mol. The number of nitrogens with zero attached hydrogens (tertiary/aromatic N) is 1. The number of nitrogens with one attached hydrogen (secondary N) is 1. The number of benzene rings is 3. The summed E-state index contributed by atoms with van der Waals surface area (Å²) < 4.78 is 28.6. The van der Waals surface area contributed by atoms with Gasteiger partial charge in [0.25, 0.3) is 0 Å². The molecule has 29 heavy (non-hydrogen) atoms. The molecule has 0 saturated heterocycles. The summed E-state index contributed by atoms with van der Waals surface area (Å²) >= 11 is 0. The molecule has 0 bridgehead atoms. The van der Waals surface area contributed by atoms with E-state index in [-0.39, 0.29) is 17.2 Å². The van der Waals surface area contributed by atoms with Crippen LogP contribution in [0.3, 0.4) is 0 Å². The molecule has 0 fully saturated rings. The number of carbonyl (C=O) groups excluding carboxylic acids is 1. The topological polar surface area (TPSA) is 92.5 Å². The van der Waals surface area contributed by atoms with Crippen LogP contribution in [-0.2, 0) is 27.8 Å². The Balaban J connectivity index is 1.89. The highest BCUT2D eigenvalue weighted by atomic mass is 32.2. The first-order chi connectivity index (χ1) is 13.8. The van der Waals surface area contributed by atoms with Crippen molar-refractivity contribution in [3.63, 3.8) is 0 Å². The number of sulfonamides is 1. The van der Waals surface area contributed by atoms with E-state index in [0.717, 1.165) is 21.9 Å². The number of amides is 1. The first kappa shape index (κ1) is 21.0. The van der Waals surface area contributed by atoms with Gasteiger partial charge in [-0.25, -0.2) is 8.42 Å². The fourth-order valence-electron chi connectivity index (χ4n) is 3.13. The van der Waals surface area contributed by atoms with Gasteiger partial charge in [0.05, 0.1) is 4.90 Å². The average Bonchev–Trinajstić information content (AvgIpc) is 2.72. The van der Waals surface area contributed by atoms with E-state index in [9.17, 15) is 13.2 Å². The minimum atomic E-state index is -3.88. The first-order valence-corrected chi connectivity index (χ1v) is 10.8. The van der Waals surface area contributed by atoms with Crippen LogP contribution in [0.2, 0.25) is 0 Å². The van der Waals surface area contributed by atoms with Crippen LogP contribution in [0.15, 0.2) is 71.6 Å². The molecule has 0 aliphatic rings. The number of carbonyl (C=O) groups is 1. The maximum atomic E-state index is 13.0. The Morgan fingerprint density at radius 3 is 2.21 bits per heavy atom. The maximum absolute atomic E-state index is 13.0. The van der Waals surface area contributed by atoms with E-state index in [2.05, 4.69) is 4.72 Å². The van der Waals surface area contributed by atoms with Crippen molar-refractivity contribution in [2.75, 3.05) is 14.1 Å². The number of nitrogens with two attached hydrogens (primary N) is 1. The average molecular weight is 412 g/mol. The van der Waals surface area contributed by atoms with E-state index in [1.54, 1.807) is 32.3 Å². The lowest BCUT2D eigenvalue weighted by atomic mass is 10.0. The van der Waals surface area contributed by atoms with Gasteiger partial charge in [-0.3, -0.25) is 4.79 Å². The highest BCUT2D eigenvalue weighted by Gasteiger charge is 2.27. The molecule has 3 aromatic carbocycles. The molecular formula is C22H25N3O3S. The molecule has 6 nitrogen and oxygen atoms in total. The molecule has 0 aliphatic carbocycles. The van der Waals surface area contributed by atoms with Gasteiger partial charge >= 0.3 is 0 Å². The molecule has 152 valence electrons. The summed E-state index contributed by atoms with van der Waals surface area (Å²) in [5.74, 6) is -0.308. The number of rotatable bonds is 7. The van der Waals surface area contributed by atoms with Crippen LogP contribution >= 0.6 is 0 Å². The smallest absolute Gasteiger partial charge is 0.241 e. The highest BCUT2D eigenvalue weighted by Crippen LogP contribution is 2.20. The van der Waals surface area contributed by atoms with Gasteiger partial charge in [-0.15, -0.1) is 0 Å². The van der Waals surface area contributed by atoms with E-state index < -0.39 is 16.1 Å². The van der Waals surface area contributed by atoms with Crippen molar-refractivity contribution in [3.8, 4) is 0 Å².